The second-order valence-electron chi connectivity index (χ2n) is 9.53. The van der Waals surface area contributed by atoms with Crippen LogP contribution in [0.15, 0.2) is 42.6 Å². The molecule has 1 aromatic heterocycles. The lowest BCUT2D eigenvalue weighted by molar-refractivity contribution is -0.198. The van der Waals surface area contributed by atoms with Gasteiger partial charge in [-0.1, -0.05) is 12.1 Å². The third-order valence-corrected chi connectivity index (χ3v) is 6.85. The van der Waals surface area contributed by atoms with E-state index in [1.807, 2.05) is 6.07 Å². The Kier molecular flexibility index (Phi) is 7.98. The van der Waals surface area contributed by atoms with Crippen molar-refractivity contribution in [1.82, 2.24) is 15.4 Å². The Bertz CT molecular complexity index is 1130. The van der Waals surface area contributed by atoms with Crippen LogP contribution in [0.2, 0.25) is 0 Å². The molecule has 3 aliphatic heterocycles. The Balaban J connectivity index is 1.15. The van der Waals surface area contributed by atoms with Crippen LogP contribution in [0.5, 0.6) is 5.75 Å². The Morgan fingerprint density at radius 1 is 1.22 bits per heavy atom. The number of nitrogens with zero attached hydrogens (tertiary/aromatic N) is 3. The van der Waals surface area contributed by atoms with E-state index >= 15 is 0 Å². The summed E-state index contributed by atoms with van der Waals surface area (Å²) in [7, 11) is 0. The van der Waals surface area contributed by atoms with Crippen LogP contribution in [0.4, 0.5) is 10.6 Å². The van der Waals surface area contributed by atoms with Crippen LogP contribution in [-0.4, -0.2) is 65.6 Å². The van der Waals surface area contributed by atoms with Crippen molar-refractivity contribution in [1.29, 1.82) is 0 Å². The van der Waals surface area contributed by atoms with Gasteiger partial charge in [0.25, 0.3) is 5.91 Å². The van der Waals surface area contributed by atoms with Crippen LogP contribution in [0.1, 0.15) is 42.4 Å². The minimum absolute atomic E-state index is 0.186. The normalized spacial score (nSPS) is 21.5. The molecule has 2 N–H and O–H groups in total. The summed E-state index contributed by atoms with van der Waals surface area (Å²) < 4.78 is 11.0. The molecule has 0 bridgehead atoms. The number of hydrogen-bond donors (Lipinski definition) is 2. The van der Waals surface area contributed by atoms with E-state index in [1.165, 1.54) is 22.1 Å². The van der Waals surface area contributed by atoms with Gasteiger partial charge in [-0.15, -0.1) is 0 Å². The van der Waals surface area contributed by atoms with E-state index in [4.69, 9.17) is 14.3 Å². The van der Waals surface area contributed by atoms with Crippen LogP contribution in [0, 0.1) is 0 Å². The molecule has 196 valence electrons. The number of pyridine rings is 1. The Hall–Kier alpha value is -3.47. The largest absolute Gasteiger partial charge is 0.493 e. The van der Waals surface area contributed by atoms with Gasteiger partial charge in [0.05, 0.1) is 12.6 Å². The molecule has 0 radical (unpaired) electrons. The summed E-state index contributed by atoms with van der Waals surface area (Å²) in [5.41, 5.74) is 5.49. The number of likely N-dealkylation sites (tertiary alicyclic amines) is 1. The van der Waals surface area contributed by atoms with Crippen molar-refractivity contribution in [2.75, 3.05) is 31.2 Å². The minimum Gasteiger partial charge on any atom is -0.493 e. The molecule has 1 aromatic carbocycles. The van der Waals surface area contributed by atoms with Crippen molar-refractivity contribution in [3.05, 3.63) is 59.3 Å². The second-order valence-corrected chi connectivity index (χ2v) is 9.53. The number of hydroxylamine groups is 1. The zero-order valence-corrected chi connectivity index (χ0v) is 20.7. The van der Waals surface area contributed by atoms with Crippen molar-refractivity contribution < 1.29 is 29.0 Å². The van der Waals surface area contributed by atoms with Crippen molar-refractivity contribution in [2.45, 2.75) is 51.0 Å². The summed E-state index contributed by atoms with van der Waals surface area (Å²) in [6.45, 7) is 3.58. The summed E-state index contributed by atoms with van der Waals surface area (Å²) in [5, 5.41) is 9.94. The fraction of sp³-hybridized carbons (Fsp3) is 0.444. The molecular formula is C27H32N4O6. The number of nitrogens with one attached hydrogen (secondary N) is 1. The highest BCUT2D eigenvalue weighted by Gasteiger charge is 2.32. The Labute approximate surface area is 215 Å². The molecule has 1 unspecified atom stereocenters. The number of fused-ring (bicyclic) bond motifs is 1. The average Bonchev–Trinajstić information content (AvgIpc) is 3.57. The van der Waals surface area contributed by atoms with Crippen LogP contribution in [0.25, 0.3) is 6.08 Å². The quantitative estimate of drug-likeness (QED) is 0.412. The highest BCUT2D eigenvalue weighted by Crippen LogP contribution is 2.28. The zero-order valence-electron chi connectivity index (χ0n) is 20.7. The Morgan fingerprint density at radius 2 is 2.14 bits per heavy atom. The SMILES string of the molecule is O=C(/C=C/c1ccc(N(C(=O)O)[C@@H]2CCN(Cc3ccc4c(c3)CCO4)C2)nc1)NOC1CCCCO1. The third-order valence-electron chi connectivity index (χ3n) is 6.85. The molecule has 0 spiro atoms. The maximum Gasteiger partial charge on any atom is 0.413 e. The molecule has 3 aliphatic rings. The average molecular weight is 509 g/mol. The second kappa shape index (κ2) is 11.7. The van der Waals surface area contributed by atoms with Gasteiger partial charge in [-0.25, -0.2) is 20.1 Å². The Morgan fingerprint density at radius 3 is 2.92 bits per heavy atom. The number of carboxylic acid groups (broad SMARTS) is 1. The molecule has 2 atom stereocenters. The number of rotatable bonds is 8. The van der Waals surface area contributed by atoms with Gasteiger partial charge >= 0.3 is 6.09 Å². The molecule has 37 heavy (non-hydrogen) atoms. The van der Waals surface area contributed by atoms with E-state index in [0.29, 0.717) is 24.5 Å². The summed E-state index contributed by atoms with van der Waals surface area (Å²) >= 11 is 0. The monoisotopic (exact) mass is 508 g/mol. The van der Waals surface area contributed by atoms with Gasteiger partial charge in [0.15, 0.2) is 6.29 Å². The first-order valence-electron chi connectivity index (χ1n) is 12.8. The van der Waals surface area contributed by atoms with Crippen LogP contribution in [0.3, 0.4) is 0 Å². The first-order chi connectivity index (χ1) is 18.0. The maximum atomic E-state index is 12.1. The topological polar surface area (TPSA) is 113 Å². The summed E-state index contributed by atoms with van der Waals surface area (Å²) in [5.74, 6) is 0.924. The van der Waals surface area contributed by atoms with E-state index in [-0.39, 0.29) is 6.04 Å². The minimum atomic E-state index is -1.03. The molecule has 5 rings (SSSR count). The molecule has 2 aromatic rings. The number of amides is 2. The molecule has 0 saturated carbocycles. The lowest BCUT2D eigenvalue weighted by Crippen LogP contribution is -2.41. The van der Waals surface area contributed by atoms with E-state index < -0.39 is 18.3 Å². The van der Waals surface area contributed by atoms with E-state index in [9.17, 15) is 14.7 Å². The number of benzene rings is 1. The molecular weight excluding hydrogens is 476 g/mol. The first-order valence-corrected chi connectivity index (χ1v) is 12.8. The van der Waals surface area contributed by atoms with E-state index in [1.54, 1.807) is 24.4 Å². The lowest BCUT2D eigenvalue weighted by Gasteiger charge is -2.25. The number of aromatic nitrogens is 1. The number of ether oxygens (including phenoxy) is 2. The highest BCUT2D eigenvalue weighted by molar-refractivity contribution is 5.91. The number of carbonyl (C=O) groups excluding carboxylic acids is 1. The van der Waals surface area contributed by atoms with Gasteiger partial charge in [-0.2, -0.15) is 0 Å². The molecule has 2 fully saturated rings. The molecule has 10 heteroatoms. The smallest absolute Gasteiger partial charge is 0.413 e. The van der Waals surface area contributed by atoms with E-state index in [0.717, 1.165) is 57.6 Å². The van der Waals surface area contributed by atoms with Gasteiger partial charge in [-0.05, 0) is 60.2 Å². The number of anilines is 1. The third kappa shape index (κ3) is 6.46. The van der Waals surface area contributed by atoms with Crippen molar-refractivity contribution in [3.63, 3.8) is 0 Å². The fourth-order valence-corrected chi connectivity index (χ4v) is 4.98. The zero-order chi connectivity index (χ0) is 25.6. The number of hydrogen-bond acceptors (Lipinski definition) is 7. The summed E-state index contributed by atoms with van der Waals surface area (Å²) in [6, 6.07) is 9.52. The summed E-state index contributed by atoms with van der Waals surface area (Å²) in [6.07, 6.45) is 7.47. The maximum absolute atomic E-state index is 12.1. The predicted octanol–water partition coefficient (Wildman–Crippen LogP) is 3.36. The standard InChI is InChI=1S/C27H32N4O6/c32-25(29-37-26-3-1-2-13-36-26)9-6-19-5-8-24(28-16-19)31(27(33)34)22-10-12-30(18-22)17-20-4-7-23-21(15-20)11-14-35-23/h4-9,15-16,22,26H,1-3,10-14,17-18H2,(H,29,32)(H,33,34)/b9-6+/t22-,26?/m1/s1. The van der Waals surface area contributed by atoms with Gasteiger partial charge in [-0.3, -0.25) is 14.6 Å². The number of carbonyl (C=O) groups is 2. The van der Waals surface area contributed by atoms with Crippen LogP contribution >= 0.6 is 0 Å². The van der Waals surface area contributed by atoms with Crippen LogP contribution in [-0.2, 0) is 27.3 Å². The lowest BCUT2D eigenvalue weighted by atomic mass is 10.1. The van der Waals surface area contributed by atoms with E-state index in [2.05, 4.69) is 27.5 Å². The molecule has 2 amide bonds. The van der Waals surface area contributed by atoms with Gasteiger partial charge in [0.1, 0.15) is 11.6 Å². The van der Waals surface area contributed by atoms with Gasteiger partial charge in [0, 0.05) is 51.4 Å². The molecule has 2 saturated heterocycles. The van der Waals surface area contributed by atoms with Crippen molar-refractivity contribution in [3.8, 4) is 5.75 Å². The molecule has 0 aliphatic carbocycles. The highest BCUT2D eigenvalue weighted by atomic mass is 16.8. The molecule has 4 heterocycles. The fourth-order valence-electron chi connectivity index (χ4n) is 4.98. The van der Waals surface area contributed by atoms with Crippen molar-refractivity contribution in [2.24, 2.45) is 0 Å². The first kappa shape index (κ1) is 25.2. The van der Waals surface area contributed by atoms with Crippen LogP contribution < -0.4 is 15.1 Å². The van der Waals surface area contributed by atoms with Gasteiger partial charge < -0.3 is 14.6 Å². The summed E-state index contributed by atoms with van der Waals surface area (Å²) in [4.78, 5) is 37.4. The molecule has 10 nitrogen and oxygen atoms in total. The predicted molar refractivity (Wildman–Crippen MR) is 136 cm³/mol. The van der Waals surface area contributed by atoms with Crippen molar-refractivity contribution >= 4 is 23.9 Å². The van der Waals surface area contributed by atoms with Gasteiger partial charge in [0.2, 0.25) is 0 Å².